The van der Waals surface area contributed by atoms with Gasteiger partial charge in [0.05, 0.1) is 11.2 Å². The molecule has 0 aromatic heterocycles. The summed E-state index contributed by atoms with van der Waals surface area (Å²) in [6.45, 7) is 3.58. The zero-order valence-electron chi connectivity index (χ0n) is 9.16. The van der Waals surface area contributed by atoms with Crippen molar-refractivity contribution in [1.29, 1.82) is 0 Å². The summed E-state index contributed by atoms with van der Waals surface area (Å²) in [5.41, 5.74) is 2.16. The summed E-state index contributed by atoms with van der Waals surface area (Å²) in [5, 5.41) is 8.65. The van der Waals surface area contributed by atoms with E-state index < -0.39 is 5.97 Å². The first-order valence-electron chi connectivity index (χ1n) is 4.91. The predicted octanol–water partition coefficient (Wildman–Crippen LogP) is 2.59. The molecule has 0 radical (unpaired) electrons. The molecule has 0 saturated heterocycles. The van der Waals surface area contributed by atoms with Gasteiger partial charge in [-0.3, -0.25) is 9.59 Å². The lowest BCUT2D eigenvalue weighted by molar-refractivity contribution is -0.136. The molecule has 1 unspecified atom stereocenters. The normalized spacial score (nSPS) is 12.2. The van der Waals surface area contributed by atoms with Gasteiger partial charge in [-0.25, -0.2) is 0 Å². The summed E-state index contributed by atoms with van der Waals surface area (Å²) in [6, 6.07) is 5.12. The van der Waals surface area contributed by atoms with Gasteiger partial charge in [0, 0.05) is 5.56 Å². The van der Waals surface area contributed by atoms with Crippen molar-refractivity contribution in [2.75, 3.05) is 0 Å². The third-order valence-electron chi connectivity index (χ3n) is 2.27. The van der Waals surface area contributed by atoms with Gasteiger partial charge in [-0.2, -0.15) is 0 Å². The maximum Gasteiger partial charge on any atom is 0.307 e. The van der Waals surface area contributed by atoms with E-state index in [9.17, 15) is 9.59 Å². The highest BCUT2D eigenvalue weighted by atomic mass is 79.9. The molecule has 0 aliphatic carbocycles. The van der Waals surface area contributed by atoms with Gasteiger partial charge < -0.3 is 5.11 Å². The van der Waals surface area contributed by atoms with Crippen LogP contribution in [0.25, 0.3) is 0 Å². The van der Waals surface area contributed by atoms with Crippen LogP contribution in [0.15, 0.2) is 18.2 Å². The molecular weight excluding hydrogens is 272 g/mol. The fourth-order valence-corrected chi connectivity index (χ4v) is 1.75. The second kappa shape index (κ2) is 5.25. The van der Waals surface area contributed by atoms with Crippen LogP contribution >= 0.6 is 15.9 Å². The highest BCUT2D eigenvalue weighted by Crippen LogP contribution is 2.16. The van der Waals surface area contributed by atoms with Crippen LogP contribution in [0.5, 0.6) is 0 Å². The van der Waals surface area contributed by atoms with Crippen molar-refractivity contribution >= 4 is 27.7 Å². The minimum Gasteiger partial charge on any atom is -0.481 e. The van der Waals surface area contributed by atoms with Gasteiger partial charge in [-0.1, -0.05) is 34.1 Å². The lowest BCUT2D eigenvalue weighted by Gasteiger charge is -2.08. The number of aliphatic carboxylic acids is 1. The smallest absolute Gasteiger partial charge is 0.307 e. The topological polar surface area (TPSA) is 54.4 Å². The van der Waals surface area contributed by atoms with Gasteiger partial charge in [0.25, 0.3) is 0 Å². The maximum absolute atomic E-state index is 11.7. The Labute approximate surface area is 103 Å². The Morgan fingerprint density at radius 1 is 1.44 bits per heavy atom. The fourth-order valence-electron chi connectivity index (χ4n) is 1.50. The number of hydrogen-bond acceptors (Lipinski definition) is 2. The Balaban J connectivity index is 3.00. The average molecular weight is 285 g/mol. The molecule has 0 heterocycles. The van der Waals surface area contributed by atoms with Crippen molar-refractivity contribution in [1.82, 2.24) is 0 Å². The summed E-state index contributed by atoms with van der Waals surface area (Å²) in [5.74, 6) is -0.855. The molecule has 86 valence electrons. The molecule has 0 fully saturated rings. The first kappa shape index (κ1) is 12.9. The summed E-state index contributed by atoms with van der Waals surface area (Å²) in [7, 11) is 0. The molecule has 1 N–H and O–H groups in total. The molecule has 1 aromatic rings. The molecular formula is C12H13BrO3. The van der Waals surface area contributed by atoms with E-state index in [1.165, 1.54) is 0 Å². The van der Waals surface area contributed by atoms with Crippen molar-refractivity contribution in [3.8, 4) is 0 Å². The maximum atomic E-state index is 11.7. The second-order valence-corrected chi connectivity index (χ2v) is 5.07. The van der Waals surface area contributed by atoms with Crippen LogP contribution in [0.4, 0.5) is 0 Å². The number of carbonyl (C=O) groups excluding carboxylic acids is 1. The van der Waals surface area contributed by atoms with E-state index in [2.05, 4.69) is 15.9 Å². The quantitative estimate of drug-likeness (QED) is 0.683. The number of Topliss-reactive ketones (excluding diaryl/α,β-unsaturated/α-hetero) is 1. The number of carboxylic acids is 1. The molecule has 0 aliphatic heterocycles. The van der Waals surface area contributed by atoms with E-state index in [0.29, 0.717) is 11.1 Å². The summed E-state index contributed by atoms with van der Waals surface area (Å²) < 4.78 is 0. The van der Waals surface area contributed by atoms with Crippen molar-refractivity contribution in [2.24, 2.45) is 0 Å². The molecule has 0 spiro atoms. The van der Waals surface area contributed by atoms with Crippen molar-refractivity contribution in [3.05, 3.63) is 34.9 Å². The number of hydrogen-bond donors (Lipinski definition) is 1. The Hall–Kier alpha value is -1.16. The number of aryl methyl sites for hydroxylation is 1. The van der Waals surface area contributed by atoms with Crippen LogP contribution in [0.3, 0.4) is 0 Å². The number of carbonyl (C=O) groups is 2. The van der Waals surface area contributed by atoms with Crippen LogP contribution < -0.4 is 0 Å². The Bertz CT molecular complexity index is 424. The number of alkyl halides is 1. The SMILES string of the molecule is Cc1cc(CC(=O)O)ccc1C(=O)C(C)Br. The summed E-state index contributed by atoms with van der Waals surface area (Å²) >= 11 is 3.23. The van der Waals surface area contributed by atoms with E-state index >= 15 is 0 Å². The molecule has 0 bridgehead atoms. The standard InChI is InChI=1S/C12H13BrO3/c1-7-5-9(6-11(14)15)3-4-10(7)12(16)8(2)13/h3-5,8H,6H2,1-2H3,(H,14,15). The first-order valence-corrected chi connectivity index (χ1v) is 5.83. The van der Waals surface area contributed by atoms with Crippen LogP contribution in [-0.4, -0.2) is 21.7 Å². The number of ketones is 1. The molecule has 4 heteroatoms. The molecule has 1 rings (SSSR count). The number of carboxylic acid groups (broad SMARTS) is 1. The number of benzene rings is 1. The molecule has 0 aliphatic rings. The Morgan fingerprint density at radius 2 is 2.06 bits per heavy atom. The molecule has 1 atom stereocenters. The van der Waals surface area contributed by atoms with E-state index in [0.717, 1.165) is 5.56 Å². The van der Waals surface area contributed by atoms with Crippen molar-refractivity contribution < 1.29 is 14.7 Å². The Morgan fingerprint density at radius 3 is 2.50 bits per heavy atom. The molecule has 0 amide bonds. The predicted molar refractivity (Wildman–Crippen MR) is 65.2 cm³/mol. The fraction of sp³-hybridized carbons (Fsp3) is 0.333. The van der Waals surface area contributed by atoms with Gasteiger partial charge in [0.15, 0.2) is 5.78 Å². The number of rotatable bonds is 4. The van der Waals surface area contributed by atoms with Gasteiger partial charge >= 0.3 is 5.97 Å². The molecule has 3 nitrogen and oxygen atoms in total. The zero-order valence-corrected chi connectivity index (χ0v) is 10.7. The zero-order chi connectivity index (χ0) is 12.3. The molecule has 1 aromatic carbocycles. The summed E-state index contributed by atoms with van der Waals surface area (Å²) in [6.07, 6.45) is -0.0147. The van der Waals surface area contributed by atoms with Gasteiger partial charge in [-0.15, -0.1) is 0 Å². The minimum atomic E-state index is -0.868. The molecule has 0 saturated carbocycles. The van der Waals surface area contributed by atoms with E-state index in [-0.39, 0.29) is 17.0 Å². The number of halogens is 1. The van der Waals surface area contributed by atoms with Crippen LogP contribution in [-0.2, 0) is 11.2 Å². The lowest BCUT2D eigenvalue weighted by atomic mass is 9.99. The van der Waals surface area contributed by atoms with Crippen molar-refractivity contribution in [2.45, 2.75) is 25.1 Å². The van der Waals surface area contributed by atoms with E-state index in [1.807, 2.05) is 6.92 Å². The monoisotopic (exact) mass is 284 g/mol. The third kappa shape index (κ3) is 3.17. The first-order chi connectivity index (χ1) is 7.41. The Kier molecular flexibility index (Phi) is 4.24. The van der Waals surface area contributed by atoms with Crippen LogP contribution in [0, 0.1) is 6.92 Å². The highest BCUT2D eigenvalue weighted by Gasteiger charge is 2.14. The van der Waals surface area contributed by atoms with Gasteiger partial charge in [-0.05, 0) is 25.0 Å². The minimum absolute atomic E-state index is 0.0133. The van der Waals surface area contributed by atoms with Gasteiger partial charge in [0.2, 0.25) is 0 Å². The summed E-state index contributed by atoms with van der Waals surface area (Å²) in [4.78, 5) is 22.0. The molecule has 16 heavy (non-hydrogen) atoms. The third-order valence-corrected chi connectivity index (χ3v) is 2.69. The second-order valence-electron chi connectivity index (χ2n) is 3.70. The average Bonchev–Trinajstić information content (AvgIpc) is 2.15. The lowest BCUT2D eigenvalue weighted by Crippen LogP contribution is -2.12. The van der Waals surface area contributed by atoms with E-state index in [4.69, 9.17) is 5.11 Å². The largest absolute Gasteiger partial charge is 0.481 e. The van der Waals surface area contributed by atoms with Gasteiger partial charge in [0.1, 0.15) is 0 Å². The van der Waals surface area contributed by atoms with E-state index in [1.54, 1.807) is 25.1 Å². The highest BCUT2D eigenvalue weighted by molar-refractivity contribution is 9.10. The van der Waals surface area contributed by atoms with Crippen LogP contribution in [0.1, 0.15) is 28.4 Å². The van der Waals surface area contributed by atoms with Crippen molar-refractivity contribution in [3.63, 3.8) is 0 Å². The van der Waals surface area contributed by atoms with Crippen LogP contribution in [0.2, 0.25) is 0 Å².